The lowest BCUT2D eigenvalue weighted by molar-refractivity contribution is 0.0832. The summed E-state index contributed by atoms with van der Waals surface area (Å²) in [5, 5.41) is 12.5. The van der Waals surface area contributed by atoms with Crippen LogP contribution in [0.15, 0.2) is 18.2 Å². The first-order valence-corrected chi connectivity index (χ1v) is 6.80. The summed E-state index contributed by atoms with van der Waals surface area (Å²) in [4.78, 5) is 12.5. The standard InChI is InChI=1S/C15H21NO4/c1-19-11-6-5-7-12(20-2)13(11)14(18)16-15(10-17)8-3-4-9-15/h5-7,17H,3-4,8-10H2,1-2H3,(H,16,18). The van der Waals surface area contributed by atoms with Gasteiger partial charge in [0.05, 0.1) is 26.4 Å². The van der Waals surface area contributed by atoms with Crippen LogP contribution >= 0.6 is 0 Å². The maximum absolute atomic E-state index is 12.5. The molecule has 20 heavy (non-hydrogen) atoms. The van der Waals surface area contributed by atoms with E-state index in [1.807, 2.05) is 0 Å². The zero-order valence-electron chi connectivity index (χ0n) is 11.9. The van der Waals surface area contributed by atoms with Gasteiger partial charge in [0, 0.05) is 0 Å². The molecule has 0 saturated heterocycles. The Bertz CT molecular complexity index is 459. The molecule has 1 aromatic rings. The van der Waals surface area contributed by atoms with Gasteiger partial charge < -0.3 is 19.9 Å². The van der Waals surface area contributed by atoms with Crippen molar-refractivity contribution in [3.8, 4) is 11.5 Å². The molecule has 2 rings (SSSR count). The van der Waals surface area contributed by atoms with Crippen LogP contribution in [0.4, 0.5) is 0 Å². The smallest absolute Gasteiger partial charge is 0.259 e. The minimum absolute atomic E-state index is 0.0454. The van der Waals surface area contributed by atoms with Crippen LogP contribution in [-0.2, 0) is 0 Å². The molecule has 1 fully saturated rings. The van der Waals surface area contributed by atoms with Gasteiger partial charge in [0.2, 0.25) is 0 Å². The van der Waals surface area contributed by atoms with Gasteiger partial charge in [-0.3, -0.25) is 4.79 Å². The molecule has 0 unspecified atom stereocenters. The van der Waals surface area contributed by atoms with Crippen molar-refractivity contribution in [3.05, 3.63) is 23.8 Å². The Hall–Kier alpha value is -1.75. The maximum Gasteiger partial charge on any atom is 0.259 e. The van der Waals surface area contributed by atoms with Crippen LogP contribution in [-0.4, -0.2) is 37.4 Å². The zero-order chi connectivity index (χ0) is 14.6. The fourth-order valence-corrected chi connectivity index (χ4v) is 2.75. The van der Waals surface area contributed by atoms with E-state index >= 15 is 0 Å². The lowest BCUT2D eigenvalue weighted by atomic mass is 9.98. The van der Waals surface area contributed by atoms with Crippen molar-refractivity contribution >= 4 is 5.91 Å². The van der Waals surface area contributed by atoms with Gasteiger partial charge in [-0.1, -0.05) is 18.9 Å². The van der Waals surface area contributed by atoms with Crippen LogP contribution in [0.5, 0.6) is 11.5 Å². The number of carbonyl (C=O) groups is 1. The second-order valence-electron chi connectivity index (χ2n) is 5.14. The Morgan fingerprint density at radius 1 is 1.25 bits per heavy atom. The minimum Gasteiger partial charge on any atom is -0.496 e. The molecular weight excluding hydrogens is 258 g/mol. The van der Waals surface area contributed by atoms with E-state index in [0.29, 0.717) is 17.1 Å². The van der Waals surface area contributed by atoms with Crippen molar-refractivity contribution in [1.82, 2.24) is 5.32 Å². The molecule has 0 atom stereocenters. The first-order valence-electron chi connectivity index (χ1n) is 6.80. The number of nitrogens with one attached hydrogen (secondary N) is 1. The van der Waals surface area contributed by atoms with Gasteiger partial charge in [0.15, 0.2) is 0 Å². The number of amides is 1. The van der Waals surface area contributed by atoms with Crippen molar-refractivity contribution in [3.63, 3.8) is 0 Å². The number of rotatable bonds is 5. The Morgan fingerprint density at radius 3 is 2.25 bits per heavy atom. The summed E-state index contributed by atoms with van der Waals surface area (Å²) < 4.78 is 10.5. The third kappa shape index (κ3) is 2.72. The molecule has 0 bridgehead atoms. The molecule has 0 radical (unpaired) electrons. The average Bonchev–Trinajstić information content (AvgIpc) is 2.95. The summed E-state index contributed by atoms with van der Waals surface area (Å²) in [5.41, 5.74) is -0.139. The lowest BCUT2D eigenvalue weighted by Gasteiger charge is -2.28. The molecule has 1 aliphatic carbocycles. The molecular formula is C15H21NO4. The zero-order valence-corrected chi connectivity index (χ0v) is 11.9. The van der Waals surface area contributed by atoms with E-state index < -0.39 is 5.54 Å². The van der Waals surface area contributed by atoms with E-state index in [-0.39, 0.29) is 12.5 Å². The number of benzene rings is 1. The SMILES string of the molecule is COc1cccc(OC)c1C(=O)NC1(CO)CCCC1. The van der Waals surface area contributed by atoms with Crippen LogP contribution in [0, 0.1) is 0 Å². The Balaban J connectivity index is 2.28. The van der Waals surface area contributed by atoms with E-state index in [9.17, 15) is 9.90 Å². The molecule has 0 aromatic heterocycles. The average molecular weight is 279 g/mol. The fraction of sp³-hybridized carbons (Fsp3) is 0.533. The van der Waals surface area contributed by atoms with Gasteiger partial charge in [-0.25, -0.2) is 0 Å². The highest BCUT2D eigenvalue weighted by atomic mass is 16.5. The van der Waals surface area contributed by atoms with E-state index in [1.54, 1.807) is 18.2 Å². The molecule has 1 aromatic carbocycles. The highest BCUT2D eigenvalue weighted by Gasteiger charge is 2.36. The predicted octanol–water partition coefficient (Wildman–Crippen LogP) is 1.74. The molecule has 5 nitrogen and oxygen atoms in total. The van der Waals surface area contributed by atoms with Crippen molar-refractivity contribution in [2.45, 2.75) is 31.2 Å². The third-order valence-electron chi connectivity index (χ3n) is 3.90. The van der Waals surface area contributed by atoms with Crippen molar-refractivity contribution in [2.75, 3.05) is 20.8 Å². The highest BCUT2D eigenvalue weighted by molar-refractivity contribution is 6.00. The van der Waals surface area contributed by atoms with Crippen LogP contribution < -0.4 is 14.8 Å². The van der Waals surface area contributed by atoms with E-state index in [0.717, 1.165) is 25.7 Å². The quantitative estimate of drug-likeness (QED) is 0.861. The Morgan fingerprint density at radius 2 is 1.80 bits per heavy atom. The van der Waals surface area contributed by atoms with E-state index in [2.05, 4.69) is 5.32 Å². The number of aliphatic hydroxyl groups is 1. The van der Waals surface area contributed by atoms with Gasteiger partial charge in [-0.15, -0.1) is 0 Å². The van der Waals surface area contributed by atoms with Gasteiger partial charge >= 0.3 is 0 Å². The molecule has 110 valence electrons. The first kappa shape index (κ1) is 14.7. The van der Waals surface area contributed by atoms with E-state index in [4.69, 9.17) is 9.47 Å². The largest absolute Gasteiger partial charge is 0.496 e. The monoisotopic (exact) mass is 279 g/mol. The molecule has 1 saturated carbocycles. The molecule has 0 heterocycles. The summed E-state index contributed by atoms with van der Waals surface area (Å²) in [5.74, 6) is 0.663. The number of methoxy groups -OCH3 is 2. The molecule has 0 spiro atoms. The van der Waals surface area contributed by atoms with Crippen LogP contribution in [0.2, 0.25) is 0 Å². The van der Waals surface area contributed by atoms with Crippen molar-refractivity contribution in [1.29, 1.82) is 0 Å². The third-order valence-corrected chi connectivity index (χ3v) is 3.90. The maximum atomic E-state index is 12.5. The summed E-state index contributed by atoms with van der Waals surface area (Å²) in [6, 6.07) is 5.21. The fourth-order valence-electron chi connectivity index (χ4n) is 2.75. The van der Waals surface area contributed by atoms with Crippen molar-refractivity contribution in [2.24, 2.45) is 0 Å². The summed E-state index contributed by atoms with van der Waals surface area (Å²) in [7, 11) is 3.03. The predicted molar refractivity (Wildman–Crippen MR) is 75.3 cm³/mol. The minimum atomic E-state index is -0.511. The molecule has 0 aliphatic heterocycles. The summed E-state index contributed by atoms with van der Waals surface area (Å²) in [6.07, 6.45) is 3.63. The summed E-state index contributed by atoms with van der Waals surface area (Å²) >= 11 is 0. The number of aliphatic hydroxyl groups excluding tert-OH is 1. The van der Waals surface area contributed by atoms with E-state index in [1.165, 1.54) is 14.2 Å². The first-order chi connectivity index (χ1) is 9.65. The van der Waals surface area contributed by atoms with Crippen molar-refractivity contribution < 1.29 is 19.4 Å². The molecule has 1 aliphatic rings. The second-order valence-corrected chi connectivity index (χ2v) is 5.14. The van der Waals surface area contributed by atoms with Crippen LogP contribution in [0.1, 0.15) is 36.0 Å². The van der Waals surface area contributed by atoms with Gasteiger partial charge in [-0.05, 0) is 25.0 Å². The second kappa shape index (κ2) is 6.13. The van der Waals surface area contributed by atoms with Gasteiger partial charge in [-0.2, -0.15) is 0 Å². The van der Waals surface area contributed by atoms with Gasteiger partial charge in [0.1, 0.15) is 17.1 Å². The summed E-state index contributed by atoms with van der Waals surface area (Å²) in [6.45, 7) is -0.0454. The Labute approximate surface area is 118 Å². The highest BCUT2D eigenvalue weighted by Crippen LogP contribution is 2.32. The number of hydrogen-bond donors (Lipinski definition) is 2. The molecule has 2 N–H and O–H groups in total. The van der Waals surface area contributed by atoms with Crippen LogP contribution in [0.3, 0.4) is 0 Å². The Kier molecular flexibility index (Phi) is 4.49. The topological polar surface area (TPSA) is 67.8 Å². The van der Waals surface area contributed by atoms with Gasteiger partial charge in [0.25, 0.3) is 5.91 Å². The van der Waals surface area contributed by atoms with Crippen LogP contribution in [0.25, 0.3) is 0 Å². The normalized spacial score (nSPS) is 16.8. The number of carbonyl (C=O) groups excluding carboxylic acids is 1. The number of ether oxygens (including phenoxy) is 2. The molecule has 5 heteroatoms. The lowest BCUT2D eigenvalue weighted by Crippen LogP contribution is -2.49. The molecule has 1 amide bonds. The number of hydrogen-bond acceptors (Lipinski definition) is 4.